The van der Waals surface area contributed by atoms with Gasteiger partial charge in [0.1, 0.15) is 0 Å². The highest BCUT2D eigenvalue weighted by Gasteiger charge is 2.06. The Labute approximate surface area is 128 Å². The highest BCUT2D eigenvalue weighted by molar-refractivity contribution is 6.17. The third-order valence-electron chi connectivity index (χ3n) is 3.17. The van der Waals surface area contributed by atoms with Gasteiger partial charge in [-0.1, -0.05) is 45.6 Å². The van der Waals surface area contributed by atoms with Gasteiger partial charge in [-0.2, -0.15) is 0 Å². The van der Waals surface area contributed by atoms with E-state index in [4.69, 9.17) is 21.1 Å². The lowest BCUT2D eigenvalue weighted by atomic mass is 10.2. The van der Waals surface area contributed by atoms with Crippen LogP contribution in [-0.2, 0) is 5.88 Å². The fraction of sp³-hybridized carbons (Fsp3) is 0.647. The van der Waals surface area contributed by atoms with Crippen LogP contribution < -0.4 is 9.47 Å². The van der Waals surface area contributed by atoms with Crippen molar-refractivity contribution in [3.63, 3.8) is 0 Å². The summed E-state index contributed by atoms with van der Waals surface area (Å²) in [7, 11) is 0. The molecular weight excluding hydrogens is 272 g/mol. The molecule has 2 nitrogen and oxygen atoms in total. The molecule has 1 aromatic rings. The maximum atomic E-state index is 5.88. The quantitative estimate of drug-likeness (QED) is 0.393. The van der Waals surface area contributed by atoms with E-state index in [0.717, 1.165) is 43.1 Å². The van der Waals surface area contributed by atoms with E-state index >= 15 is 0 Å². The van der Waals surface area contributed by atoms with Crippen LogP contribution in [0.15, 0.2) is 18.2 Å². The lowest BCUT2D eigenvalue weighted by Gasteiger charge is -2.13. The largest absolute Gasteiger partial charge is 0.490 e. The van der Waals surface area contributed by atoms with E-state index in [1.165, 1.54) is 25.7 Å². The van der Waals surface area contributed by atoms with Crippen LogP contribution in [0.3, 0.4) is 0 Å². The number of benzene rings is 1. The summed E-state index contributed by atoms with van der Waals surface area (Å²) in [6.07, 6.45) is 6.97. The van der Waals surface area contributed by atoms with Crippen molar-refractivity contribution in [3.05, 3.63) is 23.8 Å². The molecule has 0 aromatic heterocycles. The molecule has 0 aliphatic rings. The molecular formula is C17H27ClO2. The molecule has 1 rings (SSSR count). The van der Waals surface area contributed by atoms with E-state index in [-0.39, 0.29) is 0 Å². The van der Waals surface area contributed by atoms with Crippen LogP contribution in [0.5, 0.6) is 11.5 Å². The smallest absolute Gasteiger partial charge is 0.161 e. The Balaban J connectivity index is 2.56. The third kappa shape index (κ3) is 6.51. The SMILES string of the molecule is CCCCCOc1ccc(CCl)cc1OCCCCC. The molecule has 0 saturated carbocycles. The first-order valence-electron chi connectivity index (χ1n) is 7.76. The number of hydrogen-bond donors (Lipinski definition) is 0. The van der Waals surface area contributed by atoms with E-state index < -0.39 is 0 Å². The molecule has 114 valence electrons. The molecule has 0 aliphatic heterocycles. The Morgan fingerprint density at radius 1 is 0.850 bits per heavy atom. The van der Waals surface area contributed by atoms with E-state index in [9.17, 15) is 0 Å². The predicted octanol–water partition coefficient (Wildman–Crippen LogP) is 5.56. The summed E-state index contributed by atoms with van der Waals surface area (Å²) >= 11 is 5.88. The molecule has 20 heavy (non-hydrogen) atoms. The van der Waals surface area contributed by atoms with Gasteiger partial charge >= 0.3 is 0 Å². The molecule has 3 heteroatoms. The van der Waals surface area contributed by atoms with Crippen molar-refractivity contribution in [2.24, 2.45) is 0 Å². The van der Waals surface area contributed by atoms with Crippen molar-refractivity contribution in [1.29, 1.82) is 0 Å². The fourth-order valence-corrected chi connectivity index (χ4v) is 2.10. The zero-order chi connectivity index (χ0) is 14.6. The topological polar surface area (TPSA) is 18.5 Å². The summed E-state index contributed by atoms with van der Waals surface area (Å²) in [6, 6.07) is 5.97. The standard InChI is InChI=1S/C17H27ClO2/c1-3-5-7-11-19-16-10-9-15(14-18)13-17(16)20-12-8-6-4-2/h9-10,13H,3-8,11-12,14H2,1-2H3. The summed E-state index contributed by atoms with van der Waals surface area (Å²) in [6.45, 7) is 5.87. The van der Waals surface area contributed by atoms with Crippen LogP contribution in [0.2, 0.25) is 0 Å². The first kappa shape index (κ1) is 17.2. The molecule has 0 heterocycles. The average Bonchev–Trinajstić information content (AvgIpc) is 2.49. The number of unbranched alkanes of at least 4 members (excludes halogenated alkanes) is 4. The van der Waals surface area contributed by atoms with Crippen LogP contribution in [0, 0.1) is 0 Å². The van der Waals surface area contributed by atoms with Crippen molar-refractivity contribution in [2.45, 2.75) is 58.3 Å². The number of halogens is 1. The fourth-order valence-electron chi connectivity index (χ4n) is 1.94. The lowest BCUT2D eigenvalue weighted by Crippen LogP contribution is -2.03. The van der Waals surface area contributed by atoms with Gasteiger partial charge in [-0.3, -0.25) is 0 Å². The first-order chi connectivity index (χ1) is 9.81. The zero-order valence-electron chi connectivity index (χ0n) is 12.8. The second kappa shape index (κ2) is 10.8. The highest BCUT2D eigenvalue weighted by Crippen LogP contribution is 2.29. The summed E-state index contributed by atoms with van der Waals surface area (Å²) < 4.78 is 11.7. The summed E-state index contributed by atoms with van der Waals surface area (Å²) in [5.74, 6) is 2.17. The maximum absolute atomic E-state index is 5.88. The molecule has 0 N–H and O–H groups in total. The van der Waals surface area contributed by atoms with Crippen molar-refractivity contribution >= 4 is 11.6 Å². The van der Waals surface area contributed by atoms with Crippen molar-refractivity contribution in [1.82, 2.24) is 0 Å². The van der Waals surface area contributed by atoms with Crippen molar-refractivity contribution < 1.29 is 9.47 Å². The molecule has 0 aliphatic carbocycles. The minimum absolute atomic E-state index is 0.501. The van der Waals surface area contributed by atoms with Crippen LogP contribution in [0.4, 0.5) is 0 Å². The Kier molecular flexibility index (Phi) is 9.31. The molecule has 0 fully saturated rings. The average molecular weight is 299 g/mol. The Bertz CT molecular complexity index is 366. The Morgan fingerprint density at radius 2 is 1.45 bits per heavy atom. The van der Waals surface area contributed by atoms with Gasteiger partial charge in [-0.05, 0) is 30.5 Å². The van der Waals surface area contributed by atoms with Crippen LogP contribution in [0.25, 0.3) is 0 Å². The molecule has 0 amide bonds. The van der Waals surface area contributed by atoms with Gasteiger partial charge in [0.25, 0.3) is 0 Å². The normalized spacial score (nSPS) is 10.6. The summed E-state index contributed by atoms with van der Waals surface area (Å²) in [5, 5.41) is 0. The highest BCUT2D eigenvalue weighted by atomic mass is 35.5. The van der Waals surface area contributed by atoms with Gasteiger partial charge in [-0.25, -0.2) is 0 Å². The molecule has 0 spiro atoms. The Hall–Kier alpha value is -0.890. The van der Waals surface area contributed by atoms with E-state index in [1.807, 2.05) is 18.2 Å². The molecule has 0 saturated heterocycles. The minimum atomic E-state index is 0.501. The lowest BCUT2D eigenvalue weighted by molar-refractivity contribution is 0.259. The second-order valence-electron chi connectivity index (χ2n) is 5.03. The van der Waals surface area contributed by atoms with Gasteiger partial charge in [0.15, 0.2) is 11.5 Å². The molecule has 0 radical (unpaired) electrons. The van der Waals surface area contributed by atoms with Gasteiger partial charge in [0.2, 0.25) is 0 Å². The third-order valence-corrected chi connectivity index (χ3v) is 3.48. The number of ether oxygens (including phenoxy) is 2. The molecule has 0 unspecified atom stereocenters. The molecule has 0 bridgehead atoms. The van der Waals surface area contributed by atoms with E-state index in [0.29, 0.717) is 5.88 Å². The zero-order valence-corrected chi connectivity index (χ0v) is 13.5. The van der Waals surface area contributed by atoms with Gasteiger partial charge in [0, 0.05) is 5.88 Å². The summed E-state index contributed by atoms with van der Waals surface area (Å²) in [5.41, 5.74) is 1.07. The summed E-state index contributed by atoms with van der Waals surface area (Å²) in [4.78, 5) is 0. The number of alkyl halides is 1. The monoisotopic (exact) mass is 298 g/mol. The predicted molar refractivity (Wildman–Crippen MR) is 86.0 cm³/mol. The Morgan fingerprint density at radius 3 is 2.00 bits per heavy atom. The van der Waals surface area contributed by atoms with Crippen LogP contribution in [0.1, 0.15) is 57.9 Å². The van der Waals surface area contributed by atoms with Gasteiger partial charge < -0.3 is 9.47 Å². The van der Waals surface area contributed by atoms with Gasteiger partial charge in [-0.15, -0.1) is 11.6 Å². The molecule has 1 aromatic carbocycles. The first-order valence-corrected chi connectivity index (χ1v) is 8.29. The number of rotatable bonds is 11. The van der Waals surface area contributed by atoms with Crippen LogP contribution >= 0.6 is 11.6 Å². The molecule has 0 atom stereocenters. The maximum Gasteiger partial charge on any atom is 0.161 e. The van der Waals surface area contributed by atoms with E-state index in [2.05, 4.69) is 13.8 Å². The van der Waals surface area contributed by atoms with E-state index in [1.54, 1.807) is 0 Å². The second-order valence-corrected chi connectivity index (χ2v) is 5.29. The minimum Gasteiger partial charge on any atom is -0.490 e. The van der Waals surface area contributed by atoms with Gasteiger partial charge in [0.05, 0.1) is 13.2 Å². The van der Waals surface area contributed by atoms with Crippen LogP contribution in [-0.4, -0.2) is 13.2 Å². The van der Waals surface area contributed by atoms with Crippen molar-refractivity contribution in [3.8, 4) is 11.5 Å². The van der Waals surface area contributed by atoms with Crippen molar-refractivity contribution in [2.75, 3.05) is 13.2 Å². The number of hydrogen-bond acceptors (Lipinski definition) is 2.